The van der Waals surface area contributed by atoms with Crippen molar-refractivity contribution in [2.45, 2.75) is 20.0 Å². The first-order chi connectivity index (χ1) is 11.0. The molecule has 4 nitrogen and oxygen atoms in total. The third-order valence-corrected chi connectivity index (χ3v) is 4.62. The molecule has 0 saturated heterocycles. The van der Waals surface area contributed by atoms with E-state index in [1.165, 1.54) is 5.56 Å². The van der Waals surface area contributed by atoms with Gasteiger partial charge in [0.15, 0.2) is 6.17 Å². The number of phenolic OH excluding ortho intramolecular Hbond substituents is 1. The minimum Gasteiger partial charge on any atom is -0.508 e. The van der Waals surface area contributed by atoms with Crippen LogP contribution >= 0.6 is 15.9 Å². The molecule has 4 rings (SSSR count). The number of aromatic hydroxyl groups is 1. The molecule has 3 aromatic rings. The van der Waals surface area contributed by atoms with Gasteiger partial charge in [0.2, 0.25) is 0 Å². The summed E-state index contributed by atoms with van der Waals surface area (Å²) in [4.78, 5) is 0. The normalized spacial score (nSPS) is 15.7. The maximum absolute atomic E-state index is 10.3. The molecule has 2 aromatic carbocycles. The van der Waals surface area contributed by atoms with Gasteiger partial charge in [-0.15, -0.1) is 0 Å². The van der Waals surface area contributed by atoms with E-state index in [2.05, 4.69) is 57.5 Å². The Morgan fingerprint density at radius 1 is 1.13 bits per heavy atom. The monoisotopic (exact) mass is 369 g/mol. The summed E-state index contributed by atoms with van der Waals surface area (Å²) in [6.07, 6.45) is -0.244. The summed E-state index contributed by atoms with van der Waals surface area (Å²) in [5.74, 6) is 0.250. The van der Waals surface area contributed by atoms with Crippen LogP contribution in [0.3, 0.4) is 0 Å². The lowest BCUT2D eigenvalue weighted by Crippen LogP contribution is -2.25. The van der Waals surface area contributed by atoms with Crippen molar-refractivity contribution in [1.82, 2.24) is 9.78 Å². The van der Waals surface area contributed by atoms with Crippen molar-refractivity contribution in [3.63, 3.8) is 0 Å². The van der Waals surface area contributed by atoms with E-state index in [0.29, 0.717) is 0 Å². The Balaban J connectivity index is 1.94. The first kappa shape index (κ1) is 14.3. The van der Waals surface area contributed by atoms with Crippen molar-refractivity contribution < 1.29 is 5.11 Å². The van der Waals surface area contributed by atoms with E-state index in [4.69, 9.17) is 0 Å². The molecule has 116 valence electrons. The number of benzene rings is 2. The van der Waals surface area contributed by atoms with Crippen molar-refractivity contribution in [1.29, 1.82) is 0 Å². The van der Waals surface area contributed by atoms with Gasteiger partial charge in [0.25, 0.3) is 0 Å². The van der Waals surface area contributed by atoms with Crippen LogP contribution in [0.4, 0.5) is 5.69 Å². The van der Waals surface area contributed by atoms with Crippen LogP contribution in [-0.4, -0.2) is 14.9 Å². The Labute approximate surface area is 142 Å². The molecule has 0 saturated carbocycles. The molecule has 0 fully saturated rings. The van der Waals surface area contributed by atoms with Crippen molar-refractivity contribution >= 4 is 21.6 Å². The Morgan fingerprint density at radius 3 is 2.78 bits per heavy atom. The fourth-order valence-corrected chi connectivity index (χ4v) is 3.45. The van der Waals surface area contributed by atoms with Gasteiger partial charge in [0, 0.05) is 21.3 Å². The van der Waals surface area contributed by atoms with E-state index < -0.39 is 0 Å². The summed E-state index contributed by atoms with van der Waals surface area (Å²) in [5.41, 5.74) is 6.19. The number of halogens is 1. The summed E-state index contributed by atoms with van der Waals surface area (Å²) >= 11 is 3.48. The highest BCUT2D eigenvalue weighted by molar-refractivity contribution is 9.10. The smallest absolute Gasteiger partial charge is 0.150 e. The highest BCUT2D eigenvalue weighted by atomic mass is 79.9. The molecule has 1 aliphatic rings. The van der Waals surface area contributed by atoms with Gasteiger partial charge >= 0.3 is 0 Å². The molecule has 5 heteroatoms. The van der Waals surface area contributed by atoms with E-state index in [0.717, 1.165) is 32.7 Å². The number of hydrogen-bond donors (Lipinski definition) is 2. The van der Waals surface area contributed by atoms with Gasteiger partial charge in [-0.3, -0.25) is 0 Å². The van der Waals surface area contributed by atoms with Crippen molar-refractivity contribution in [2.24, 2.45) is 0 Å². The summed E-state index contributed by atoms with van der Waals surface area (Å²) in [7, 11) is 0. The number of anilines is 1. The fourth-order valence-electron chi connectivity index (χ4n) is 3.07. The van der Waals surface area contributed by atoms with E-state index >= 15 is 0 Å². The lowest BCUT2D eigenvalue weighted by Gasteiger charge is -2.30. The number of hydrogen-bond acceptors (Lipinski definition) is 3. The van der Waals surface area contributed by atoms with Crippen LogP contribution in [0.25, 0.3) is 11.3 Å². The second kappa shape index (κ2) is 5.13. The van der Waals surface area contributed by atoms with Gasteiger partial charge in [0.1, 0.15) is 5.75 Å². The molecule has 0 spiro atoms. The standard InChI is InChI=1S/C18H16BrN3O/c1-10-3-5-15-13(7-10)16-8-11(2)21-22(16)18(20-15)14-9-12(19)4-6-17(14)23/h3-9,18,20,23H,1-2H3. The summed E-state index contributed by atoms with van der Waals surface area (Å²) in [5, 5.41) is 18.4. The van der Waals surface area contributed by atoms with Gasteiger partial charge < -0.3 is 10.4 Å². The van der Waals surface area contributed by atoms with Gasteiger partial charge in [-0.25, -0.2) is 4.68 Å². The Bertz CT molecular complexity index is 917. The van der Waals surface area contributed by atoms with Gasteiger partial charge in [-0.1, -0.05) is 27.6 Å². The van der Waals surface area contributed by atoms with Crippen LogP contribution in [0.15, 0.2) is 46.9 Å². The number of rotatable bonds is 1. The molecule has 0 bridgehead atoms. The summed E-state index contributed by atoms with van der Waals surface area (Å²) in [6.45, 7) is 4.07. The lowest BCUT2D eigenvalue weighted by molar-refractivity contribution is 0.452. The average molecular weight is 370 g/mol. The van der Waals surface area contributed by atoms with Crippen LogP contribution in [-0.2, 0) is 0 Å². The highest BCUT2D eigenvalue weighted by Gasteiger charge is 2.28. The molecular weight excluding hydrogens is 354 g/mol. The molecule has 1 aromatic heterocycles. The quantitative estimate of drug-likeness (QED) is 0.658. The van der Waals surface area contributed by atoms with Crippen LogP contribution < -0.4 is 5.32 Å². The topological polar surface area (TPSA) is 50.1 Å². The maximum atomic E-state index is 10.3. The first-order valence-corrected chi connectivity index (χ1v) is 8.24. The van der Waals surface area contributed by atoms with Crippen LogP contribution in [0.2, 0.25) is 0 Å². The van der Waals surface area contributed by atoms with Crippen molar-refractivity contribution in [2.75, 3.05) is 5.32 Å². The van der Waals surface area contributed by atoms with E-state index in [1.54, 1.807) is 6.07 Å². The summed E-state index contributed by atoms with van der Waals surface area (Å²) in [6, 6.07) is 13.9. The zero-order chi connectivity index (χ0) is 16.1. The minimum atomic E-state index is -0.244. The third kappa shape index (κ3) is 2.32. The van der Waals surface area contributed by atoms with Crippen LogP contribution in [0.1, 0.15) is 23.0 Å². The second-order valence-corrected chi connectivity index (χ2v) is 6.83. The highest BCUT2D eigenvalue weighted by Crippen LogP contribution is 2.41. The molecule has 23 heavy (non-hydrogen) atoms. The fraction of sp³-hybridized carbons (Fsp3) is 0.167. The molecular formula is C18H16BrN3O. The third-order valence-electron chi connectivity index (χ3n) is 4.13. The summed E-state index contributed by atoms with van der Waals surface area (Å²) < 4.78 is 2.87. The second-order valence-electron chi connectivity index (χ2n) is 5.91. The average Bonchev–Trinajstić information content (AvgIpc) is 2.91. The Morgan fingerprint density at radius 2 is 1.96 bits per heavy atom. The van der Waals surface area contributed by atoms with Crippen molar-refractivity contribution in [3.05, 3.63) is 63.8 Å². The van der Waals surface area contributed by atoms with Crippen LogP contribution in [0, 0.1) is 13.8 Å². The minimum absolute atomic E-state index is 0.244. The maximum Gasteiger partial charge on any atom is 0.150 e. The molecule has 2 heterocycles. The molecule has 0 aliphatic carbocycles. The van der Waals surface area contributed by atoms with Crippen LogP contribution in [0.5, 0.6) is 5.75 Å². The van der Waals surface area contributed by atoms with E-state index in [9.17, 15) is 5.11 Å². The molecule has 0 amide bonds. The number of nitrogens with zero attached hydrogens (tertiary/aromatic N) is 2. The number of aryl methyl sites for hydroxylation is 2. The molecule has 1 aliphatic heterocycles. The van der Waals surface area contributed by atoms with Gasteiger partial charge in [-0.05, 0) is 50.2 Å². The number of nitrogens with one attached hydrogen (secondary N) is 1. The van der Waals surface area contributed by atoms with Gasteiger partial charge in [0.05, 0.1) is 11.4 Å². The van der Waals surface area contributed by atoms with E-state index in [-0.39, 0.29) is 11.9 Å². The largest absolute Gasteiger partial charge is 0.508 e. The number of fused-ring (bicyclic) bond motifs is 3. The Kier molecular flexibility index (Phi) is 3.20. The Hall–Kier alpha value is -2.27. The van der Waals surface area contributed by atoms with Crippen molar-refractivity contribution in [3.8, 4) is 17.0 Å². The van der Waals surface area contributed by atoms with Gasteiger partial charge in [-0.2, -0.15) is 5.10 Å². The first-order valence-electron chi connectivity index (χ1n) is 7.45. The SMILES string of the molecule is Cc1ccc2c(c1)-c1cc(C)nn1C(c1cc(Br)ccc1O)N2. The zero-order valence-electron chi connectivity index (χ0n) is 12.8. The number of aromatic nitrogens is 2. The molecule has 2 N–H and O–H groups in total. The van der Waals surface area contributed by atoms with E-state index in [1.807, 2.05) is 23.7 Å². The zero-order valence-corrected chi connectivity index (χ0v) is 14.4. The molecule has 1 atom stereocenters. The predicted molar refractivity (Wildman–Crippen MR) is 94.7 cm³/mol. The predicted octanol–water partition coefficient (Wildman–Crippen LogP) is 4.61. The molecule has 1 unspecified atom stereocenters. The molecule has 0 radical (unpaired) electrons. The lowest BCUT2D eigenvalue weighted by atomic mass is 10.0. The number of phenols is 1.